The van der Waals surface area contributed by atoms with Crippen LogP contribution in [0.15, 0.2) is 55.5 Å². The summed E-state index contributed by atoms with van der Waals surface area (Å²) in [6, 6.07) is 10.7. The van der Waals surface area contributed by atoms with Gasteiger partial charge in [0.2, 0.25) is 0 Å². The Morgan fingerprint density at radius 1 is 1.14 bits per heavy atom. The first-order valence-electron chi connectivity index (χ1n) is 6.26. The second-order valence-electron chi connectivity index (χ2n) is 4.53. The van der Waals surface area contributed by atoms with E-state index in [2.05, 4.69) is 47.4 Å². The van der Waals surface area contributed by atoms with Crippen molar-refractivity contribution < 1.29 is 9.90 Å². The molecule has 2 aromatic carbocycles. The zero-order valence-corrected chi connectivity index (χ0v) is 14.2. The number of phenols is 1. The zero-order valence-electron chi connectivity index (χ0n) is 11.0. The Kier molecular flexibility index (Phi) is 4.08. The monoisotopic (exact) mass is 421 g/mol. The Labute approximate surface area is 143 Å². The van der Waals surface area contributed by atoms with Crippen LogP contribution in [0.3, 0.4) is 0 Å². The highest BCUT2D eigenvalue weighted by Crippen LogP contribution is 2.32. The van der Waals surface area contributed by atoms with Crippen LogP contribution in [0.25, 0.3) is 0 Å². The lowest BCUT2D eigenvalue weighted by atomic mass is 10.1. The van der Waals surface area contributed by atoms with Crippen LogP contribution in [-0.4, -0.2) is 22.9 Å². The molecule has 0 spiro atoms. The van der Waals surface area contributed by atoms with Crippen molar-refractivity contribution in [1.29, 1.82) is 0 Å². The number of anilines is 1. The minimum atomic E-state index is -0.272. The standard InChI is InChI=1S/C15H9Br2N3O2/c16-10-5-8(6-11(17)14(10)21)7-18-20-13-9-3-1-2-4-12(9)19-15(13)22/h1-7,21H,(H,19,20,22)/b18-7-. The molecule has 0 saturated heterocycles. The van der Waals surface area contributed by atoms with Crippen LogP contribution in [0.1, 0.15) is 11.1 Å². The van der Waals surface area contributed by atoms with Crippen LogP contribution in [0.4, 0.5) is 5.69 Å². The number of hydrogen-bond donors (Lipinski definition) is 2. The van der Waals surface area contributed by atoms with E-state index in [1.165, 1.54) is 6.21 Å². The molecule has 2 N–H and O–H groups in total. The lowest BCUT2D eigenvalue weighted by Crippen LogP contribution is -2.13. The highest BCUT2D eigenvalue weighted by molar-refractivity contribution is 9.11. The van der Waals surface area contributed by atoms with Crippen LogP contribution in [0.2, 0.25) is 0 Å². The second-order valence-corrected chi connectivity index (χ2v) is 6.23. The van der Waals surface area contributed by atoms with Crippen molar-refractivity contribution in [2.75, 3.05) is 5.32 Å². The first kappa shape index (κ1) is 14.9. The van der Waals surface area contributed by atoms with Gasteiger partial charge in [-0.2, -0.15) is 5.10 Å². The molecule has 1 aliphatic rings. The predicted octanol–water partition coefficient (Wildman–Crippen LogP) is 3.69. The van der Waals surface area contributed by atoms with Gasteiger partial charge in [-0.3, -0.25) is 4.79 Å². The number of benzene rings is 2. The molecule has 2 aromatic rings. The maximum Gasteiger partial charge on any atom is 0.276 e. The van der Waals surface area contributed by atoms with Gasteiger partial charge in [-0.25, -0.2) is 0 Å². The number of rotatable bonds is 2. The third-order valence-corrected chi connectivity index (χ3v) is 4.26. The van der Waals surface area contributed by atoms with E-state index in [9.17, 15) is 9.90 Å². The largest absolute Gasteiger partial charge is 0.506 e. The molecule has 5 nitrogen and oxygen atoms in total. The van der Waals surface area contributed by atoms with Crippen molar-refractivity contribution in [2.24, 2.45) is 10.2 Å². The fraction of sp³-hybridized carbons (Fsp3) is 0. The highest BCUT2D eigenvalue weighted by Gasteiger charge is 2.25. The first-order valence-corrected chi connectivity index (χ1v) is 7.84. The number of phenolic OH excluding ortho intramolecular Hbond substituents is 1. The molecule has 1 heterocycles. The molecule has 0 radical (unpaired) electrons. The smallest absolute Gasteiger partial charge is 0.276 e. The third kappa shape index (κ3) is 2.82. The molecule has 0 unspecified atom stereocenters. The molecular formula is C15H9Br2N3O2. The van der Waals surface area contributed by atoms with Crippen LogP contribution < -0.4 is 5.32 Å². The van der Waals surface area contributed by atoms with Crippen LogP contribution in [0.5, 0.6) is 5.75 Å². The van der Waals surface area contributed by atoms with Gasteiger partial charge in [-0.05, 0) is 55.6 Å². The Balaban J connectivity index is 1.90. The lowest BCUT2D eigenvalue weighted by Gasteiger charge is -2.01. The molecule has 0 fully saturated rings. The van der Waals surface area contributed by atoms with E-state index in [-0.39, 0.29) is 17.4 Å². The molecule has 0 saturated carbocycles. The third-order valence-electron chi connectivity index (χ3n) is 3.05. The molecule has 1 amide bonds. The van der Waals surface area contributed by atoms with E-state index < -0.39 is 0 Å². The molecule has 3 rings (SSSR count). The Morgan fingerprint density at radius 3 is 2.55 bits per heavy atom. The molecule has 0 aromatic heterocycles. The van der Waals surface area contributed by atoms with Crippen molar-refractivity contribution >= 4 is 55.4 Å². The van der Waals surface area contributed by atoms with E-state index in [0.717, 1.165) is 16.8 Å². The van der Waals surface area contributed by atoms with Gasteiger partial charge in [0, 0.05) is 5.56 Å². The van der Waals surface area contributed by atoms with Gasteiger partial charge >= 0.3 is 0 Å². The van der Waals surface area contributed by atoms with Crippen molar-refractivity contribution in [2.45, 2.75) is 0 Å². The van der Waals surface area contributed by atoms with Gasteiger partial charge in [-0.15, -0.1) is 5.10 Å². The van der Waals surface area contributed by atoms with E-state index >= 15 is 0 Å². The lowest BCUT2D eigenvalue weighted by molar-refractivity contribution is -0.110. The van der Waals surface area contributed by atoms with Crippen molar-refractivity contribution in [3.8, 4) is 5.75 Å². The first-order chi connectivity index (χ1) is 10.6. The fourth-order valence-corrected chi connectivity index (χ4v) is 3.24. The van der Waals surface area contributed by atoms with Gasteiger partial charge in [0.1, 0.15) is 5.75 Å². The molecular weight excluding hydrogens is 414 g/mol. The molecule has 0 aliphatic carbocycles. The number of hydrogen-bond acceptors (Lipinski definition) is 4. The summed E-state index contributed by atoms with van der Waals surface area (Å²) in [5.41, 5.74) is 2.48. The van der Waals surface area contributed by atoms with E-state index in [1.54, 1.807) is 12.1 Å². The average Bonchev–Trinajstić information content (AvgIpc) is 2.81. The number of carbonyl (C=O) groups is 1. The highest BCUT2D eigenvalue weighted by atomic mass is 79.9. The SMILES string of the molecule is O=C1Nc2ccccc2/C1=N\N=C/c1cc(Br)c(O)c(Br)c1. The normalized spacial score (nSPS) is 15.4. The van der Waals surface area contributed by atoms with Gasteiger partial charge in [0.15, 0.2) is 5.71 Å². The summed E-state index contributed by atoms with van der Waals surface area (Å²) in [5.74, 6) is -0.154. The van der Waals surface area contributed by atoms with Gasteiger partial charge in [-0.1, -0.05) is 18.2 Å². The zero-order chi connectivity index (χ0) is 15.7. The summed E-state index contributed by atoms with van der Waals surface area (Å²) >= 11 is 6.49. The summed E-state index contributed by atoms with van der Waals surface area (Å²) in [5, 5.41) is 20.4. The summed E-state index contributed by atoms with van der Waals surface area (Å²) < 4.78 is 1.08. The summed E-state index contributed by atoms with van der Waals surface area (Å²) in [6.45, 7) is 0. The van der Waals surface area contributed by atoms with Gasteiger partial charge in [0.25, 0.3) is 5.91 Å². The minimum absolute atomic E-state index is 0.118. The van der Waals surface area contributed by atoms with Gasteiger partial charge in [0.05, 0.1) is 20.8 Å². The van der Waals surface area contributed by atoms with Crippen LogP contribution in [0, 0.1) is 0 Å². The predicted molar refractivity (Wildman–Crippen MR) is 92.7 cm³/mol. The second kappa shape index (κ2) is 6.02. The number of para-hydroxylation sites is 1. The van der Waals surface area contributed by atoms with E-state index in [0.29, 0.717) is 8.95 Å². The number of nitrogens with zero attached hydrogens (tertiary/aromatic N) is 2. The minimum Gasteiger partial charge on any atom is -0.506 e. The molecule has 22 heavy (non-hydrogen) atoms. The van der Waals surface area contributed by atoms with E-state index in [4.69, 9.17) is 0 Å². The average molecular weight is 423 g/mol. The quantitative estimate of drug-likeness (QED) is 0.572. The maximum atomic E-state index is 11.9. The number of nitrogens with one attached hydrogen (secondary N) is 1. The van der Waals surface area contributed by atoms with E-state index in [1.807, 2.05) is 24.3 Å². The van der Waals surface area contributed by atoms with Crippen molar-refractivity contribution in [3.05, 3.63) is 56.5 Å². The van der Waals surface area contributed by atoms with Crippen molar-refractivity contribution in [3.63, 3.8) is 0 Å². The summed E-state index contributed by atoms with van der Waals surface area (Å²) in [4.78, 5) is 11.9. The number of fused-ring (bicyclic) bond motifs is 1. The topological polar surface area (TPSA) is 74.0 Å². The Hall–Kier alpha value is -1.99. The number of aromatic hydroxyl groups is 1. The van der Waals surface area contributed by atoms with Crippen molar-refractivity contribution in [1.82, 2.24) is 0 Å². The molecule has 110 valence electrons. The molecule has 7 heteroatoms. The number of halogens is 2. The fourth-order valence-electron chi connectivity index (χ4n) is 2.01. The summed E-state index contributed by atoms with van der Waals surface area (Å²) in [7, 11) is 0. The Bertz CT molecular complexity index is 808. The number of amides is 1. The molecule has 0 atom stereocenters. The van der Waals surface area contributed by atoms with Gasteiger partial charge < -0.3 is 10.4 Å². The van der Waals surface area contributed by atoms with Crippen LogP contribution in [-0.2, 0) is 4.79 Å². The summed E-state index contributed by atoms with van der Waals surface area (Å²) in [6.07, 6.45) is 1.51. The molecule has 1 aliphatic heterocycles. The number of carbonyl (C=O) groups excluding carboxylic acids is 1. The Morgan fingerprint density at radius 2 is 1.82 bits per heavy atom. The maximum absolute atomic E-state index is 11.9. The van der Waals surface area contributed by atoms with Crippen LogP contribution >= 0.6 is 31.9 Å². The molecule has 0 bridgehead atoms.